The molecule has 0 saturated heterocycles. The lowest BCUT2D eigenvalue weighted by Gasteiger charge is -2.13. The zero-order valence-corrected chi connectivity index (χ0v) is 19.3. The SMILES string of the molecule is Cc1cc(-c2nc3cccnn3c2-c2ccnc(NC(=O)NCC(O)c3cccnc3)c2)ccc1F. The molecule has 0 aliphatic rings. The molecule has 0 fully saturated rings. The summed E-state index contributed by atoms with van der Waals surface area (Å²) in [5.41, 5.74) is 4.47. The van der Waals surface area contributed by atoms with Crippen molar-refractivity contribution in [2.45, 2.75) is 13.0 Å². The van der Waals surface area contributed by atoms with E-state index >= 15 is 0 Å². The molecule has 1 unspecified atom stereocenters. The molecule has 10 heteroatoms. The summed E-state index contributed by atoms with van der Waals surface area (Å²) in [4.78, 5) is 25.4. The number of pyridine rings is 2. The molecule has 0 aliphatic heterocycles. The van der Waals surface area contributed by atoms with Crippen molar-refractivity contribution in [3.05, 3.63) is 96.3 Å². The van der Waals surface area contributed by atoms with Gasteiger partial charge in [0.25, 0.3) is 0 Å². The Morgan fingerprint density at radius 3 is 2.75 bits per heavy atom. The van der Waals surface area contributed by atoms with E-state index in [0.717, 1.165) is 5.56 Å². The first-order valence-electron chi connectivity index (χ1n) is 11.2. The second-order valence-corrected chi connectivity index (χ2v) is 8.13. The molecule has 2 amide bonds. The van der Waals surface area contributed by atoms with E-state index in [4.69, 9.17) is 4.98 Å². The van der Waals surface area contributed by atoms with Gasteiger partial charge in [-0.1, -0.05) is 6.07 Å². The van der Waals surface area contributed by atoms with Crippen molar-refractivity contribution in [3.63, 3.8) is 0 Å². The number of urea groups is 1. The number of benzene rings is 1. The lowest BCUT2D eigenvalue weighted by molar-refractivity contribution is 0.174. The molecule has 180 valence electrons. The minimum atomic E-state index is -0.894. The summed E-state index contributed by atoms with van der Waals surface area (Å²) in [7, 11) is 0. The smallest absolute Gasteiger partial charge is 0.320 e. The first kappa shape index (κ1) is 23.1. The molecule has 0 radical (unpaired) electrons. The summed E-state index contributed by atoms with van der Waals surface area (Å²) in [6, 6.07) is 14.9. The Morgan fingerprint density at radius 1 is 1.08 bits per heavy atom. The van der Waals surface area contributed by atoms with Crippen LogP contribution in [0.5, 0.6) is 0 Å². The van der Waals surface area contributed by atoms with Gasteiger partial charge in [0.1, 0.15) is 17.3 Å². The number of anilines is 1. The maximum absolute atomic E-state index is 13.9. The fraction of sp³-hybridized carbons (Fsp3) is 0.115. The number of aryl methyl sites for hydroxylation is 1. The predicted octanol–water partition coefficient (Wildman–Crippen LogP) is 4.16. The molecule has 3 N–H and O–H groups in total. The van der Waals surface area contributed by atoms with E-state index in [9.17, 15) is 14.3 Å². The van der Waals surface area contributed by atoms with Crippen molar-refractivity contribution < 1.29 is 14.3 Å². The molecule has 0 aliphatic carbocycles. The Morgan fingerprint density at radius 2 is 1.94 bits per heavy atom. The van der Waals surface area contributed by atoms with Crippen molar-refractivity contribution in [3.8, 4) is 22.5 Å². The molecule has 36 heavy (non-hydrogen) atoms. The molecule has 0 spiro atoms. The number of nitrogens with zero attached hydrogens (tertiary/aromatic N) is 5. The van der Waals surface area contributed by atoms with Gasteiger partial charge >= 0.3 is 6.03 Å². The molecule has 0 saturated carbocycles. The Kier molecular flexibility index (Phi) is 6.33. The minimum Gasteiger partial charge on any atom is -0.387 e. The number of halogens is 1. The second-order valence-electron chi connectivity index (χ2n) is 8.13. The number of aliphatic hydroxyl groups is 1. The number of hydrogen-bond donors (Lipinski definition) is 3. The Balaban J connectivity index is 1.42. The van der Waals surface area contributed by atoms with Gasteiger partial charge in [0.05, 0.1) is 11.8 Å². The Hall–Kier alpha value is -4.70. The van der Waals surface area contributed by atoms with Crippen molar-refractivity contribution >= 4 is 17.5 Å². The number of fused-ring (bicyclic) bond motifs is 1. The summed E-state index contributed by atoms with van der Waals surface area (Å²) in [5.74, 6) is 0.00484. The number of nitrogens with one attached hydrogen (secondary N) is 2. The Labute approximate surface area is 205 Å². The maximum Gasteiger partial charge on any atom is 0.320 e. The third-order valence-electron chi connectivity index (χ3n) is 5.62. The predicted molar refractivity (Wildman–Crippen MR) is 133 cm³/mol. The van der Waals surface area contributed by atoms with E-state index in [1.54, 1.807) is 78.7 Å². The second kappa shape index (κ2) is 9.88. The van der Waals surface area contributed by atoms with Crippen LogP contribution in [0.15, 0.2) is 79.4 Å². The average molecular weight is 484 g/mol. The molecule has 9 nitrogen and oxygen atoms in total. The van der Waals surface area contributed by atoms with Crippen LogP contribution in [-0.4, -0.2) is 42.2 Å². The highest BCUT2D eigenvalue weighted by Crippen LogP contribution is 2.33. The number of aliphatic hydroxyl groups excluding tert-OH is 1. The van der Waals surface area contributed by atoms with E-state index in [2.05, 4.69) is 25.7 Å². The highest BCUT2D eigenvalue weighted by molar-refractivity contribution is 5.90. The van der Waals surface area contributed by atoms with Gasteiger partial charge in [-0.3, -0.25) is 10.3 Å². The molecule has 1 atom stereocenters. The molecule has 4 heterocycles. The van der Waals surface area contributed by atoms with Gasteiger partial charge in [0, 0.05) is 48.0 Å². The van der Waals surface area contributed by atoms with Crippen LogP contribution >= 0.6 is 0 Å². The maximum atomic E-state index is 13.9. The lowest BCUT2D eigenvalue weighted by Crippen LogP contribution is -2.32. The van der Waals surface area contributed by atoms with Gasteiger partial charge in [0.15, 0.2) is 5.65 Å². The highest BCUT2D eigenvalue weighted by atomic mass is 19.1. The normalized spacial score (nSPS) is 11.9. The molecule has 4 aromatic heterocycles. The van der Waals surface area contributed by atoms with Crippen LogP contribution in [0.3, 0.4) is 0 Å². The van der Waals surface area contributed by atoms with E-state index in [0.29, 0.717) is 39.5 Å². The number of imidazole rings is 1. The number of carbonyl (C=O) groups excluding carboxylic acids is 1. The zero-order chi connectivity index (χ0) is 25.1. The molecule has 5 rings (SSSR count). The van der Waals surface area contributed by atoms with Crippen molar-refractivity contribution in [1.82, 2.24) is 29.9 Å². The van der Waals surface area contributed by atoms with Crippen LogP contribution in [0, 0.1) is 12.7 Å². The first-order chi connectivity index (χ1) is 17.5. The molecular formula is C26H22FN7O2. The number of carbonyl (C=O) groups is 1. The van der Waals surface area contributed by atoms with Crippen molar-refractivity contribution in [2.24, 2.45) is 0 Å². The number of aromatic nitrogens is 5. The fourth-order valence-corrected chi connectivity index (χ4v) is 3.83. The lowest BCUT2D eigenvalue weighted by atomic mass is 10.0. The van der Waals surface area contributed by atoms with Crippen LogP contribution in [0.25, 0.3) is 28.2 Å². The topological polar surface area (TPSA) is 117 Å². The summed E-state index contributed by atoms with van der Waals surface area (Å²) < 4.78 is 15.6. The van der Waals surface area contributed by atoms with Crippen LogP contribution in [0.1, 0.15) is 17.2 Å². The van der Waals surface area contributed by atoms with E-state index in [1.807, 2.05) is 6.07 Å². The van der Waals surface area contributed by atoms with Crippen molar-refractivity contribution in [2.75, 3.05) is 11.9 Å². The minimum absolute atomic E-state index is 0.00244. The average Bonchev–Trinajstić information content (AvgIpc) is 3.29. The van der Waals surface area contributed by atoms with Gasteiger partial charge in [-0.25, -0.2) is 23.7 Å². The first-order valence-corrected chi connectivity index (χ1v) is 11.2. The summed E-state index contributed by atoms with van der Waals surface area (Å²) in [6.07, 6.45) is 5.47. The highest BCUT2D eigenvalue weighted by Gasteiger charge is 2.18. The van der Waals surface area contributed by atoms with E-state index < -0.39 is 12.1 Å². The van der Waals surface area contributed by atoms with Gasteiger partial charge in [-0.15, -0.1) is 0 Å². The largest absolute Gasteiger partial charge is 0.387 e. The van der Waals surface area contributed by atoms with Crippen LogP contribution in [-0.2, 0) is 0 Å². The summed E-state index contributed by atoms with van der Waals surface area (Å²) >= 11 is 0. The molecule has 1 aromatic carbocycles. The van der Waals surface area contributed by atoms with Gasteiger partial charge in [-0.05, 0) is 61.0 Å². The molecule has 0 bridgehead atoms. The number of rotatable bonds is 6. The summed E-state index contributed by atoms with van der Waals surface area (Å²) in [6.45, 7) is 1.70. The number of hydrogen-bond acceptors (Lipinski definition) is 6. The molecular weight excluding hydrogens is 461 g/mol. The zero-order valence-electron chi connectivity index (χ0n) is 19.3. The van der Waals surface area contributed by atoms with E-state index in [-0.39, 0.29) is 12.4 Å². The molecule has 5 aromatic rings. The van der Waals surface area contributed by atoms with Gasteiger partial charge in [-0.2, -0.15) is 5.10 Å². The standard InChI is InChI=1S/C26H22FN7O2/c1-16-12-17(6-7-20(16)27)24-25(34-23(33-24)5-3-10-31-34)18-8-11-29-22(13-18)32-26(36)30-15-21(35)19-4-2-9-28-14-19/h2-14,21,35H,15H2,1H3,(H2,29,30,32,36). The van der Waals surface area contributed by atoms with Gasteiger partial charge < -0.3 is 10.4 Å². The van der Waals surface area contributed by atoms with Crippen LogP contribution < -0.4 is 10.6 Å². The van der Waals surface area contributed by atoms with Crippen LogP contribution in [0.2, 0.25) is 0 Å². The third-order valence-corrected chi connectivity index (χ3v) is 5.62. The quantitative estimate of drug-likeness (QED) is 0.334. The number of amides is 2. The van der Waals surface area contributed by atoms with Crippen LogP contribution in [0.4, 0.5) is 15.0 Å². The Bertz CT molecular complexity index is 1540. The third kappa shape index (κ3) is 4.75. The van der Waals surface area contributed by atoms with Gasteiger partial charge in [0.2, 0.25) is 0 Å². The summed E-state index contributed by atoms with van der Waals surface area (Å²) in [5, 5.41) is 20.0. The van der Waals surface area contributed by atoms with Crippen molar-refractivity contribution in [1.29, 1.82) is 0 Å². The monoisotopic (exact) mass is 483 g/mol. The van der Waals surface area contributed by atoms with E-state index in [1.165, 1.54) is 6.07 Å². The fourth-order valence-electron chi connectivity index (χ4n) is 3.83.